The van der Waals surface area contributed by atoms with Gasteiger partial charge in [-0.2, -0.15) is 0 Å². The molecule has 0 radical (unpaired) electrons. The van der Waals surface area contributed by atoms with Crippen LogP contribution in [0.3, 0.4) is 0 Å². The van der Waals surface area contributed by atoms with Gasteiger partial charge < -0.3 is 10.1 Å². The summed E-state index contributed by atoms with van der Waals surface area (Å²) in [4.78, 5) is 11.2. The van der Waals surface area contributed by atoms with E-state index in [0.717, 1.165) is 6.54 Å². The largest absolute Gasteiger partial charge is 0.469 e. The van der Waals surface area contributed by atoms with Crippen LogP contribution in [0.25, 0.3) is 0 Å². The summed E-state index contributed by atoms with van der Waals surface area (Å²) in [5, 5.41) is 3.48. The fourth-order valence-electron chi connectivity index (χ4n) is 2.11. The standard InChI is InChI=1S/C12H23NO2/c1-10(12(14)15-2)9-13-11-7-5-3-4-6-8-11/h10-11,13H,3-9H2,1-2H3/t10-/m1/s1. The van der Waals surface area contributed by atoms with Gasteiger partial charge in [0.05, 0.1) is 13.0 Å². The molecule has 88 valence electrons. The normalized spacial score (nSPS) is 20.7. The molecule has 0 amide bonds. The van der Waals surface area contributed by atoms with Crippen molar-refractivity contribution in [1.29, 1.82) is 0 Å². The van der Waals surface area contributed by atoms with Gasteiger partial charge in [-0.05, 0) is 12.8 Å². The van der Waals surface area contributed by atoms with Gasteiger partial charge in [-0.3, -0.25) is 4.79 Å². The maximum absolute atomic E-state index is 11.2. The van der Waals surface area contributed by atoms with Crippen molar-refractivity contribution < 1.29 is 9.53 Å². The van der Waals surface area contributed by atoms with Gasteiger partial charge in [-0.1, -0.05) is 32.6 Å². The molecule has 1 fully saturated rings. The van der Waals surface area contributed by atoms with Crippen LogP contribution in [0, 0.1) is 5.92 Å². The van der Waals surface area contributed by atoms with Crippen LogP contribution < -0.4 is 5.32 Å². The number of nitrogens with one attached hydrogen (secondary N) is 1. The highest BCUT2D eigenvalue weighted by molar-refractivity contribution is 5.72. The molecular weight excluding hydrogens is 190 g/mol. The van der Waals surface area contributed by atoms with Gasteiger partial charge in [0.2, 0.25) is 0 Å². The highest BCUT2D eigenvalue weighted by Crippen LogP contribution is 2.17. The molecule has 1 atom stereocenters. The van der Waals surface area contributed by atoms with Gasteiger partial charge in [0.1, 0.15) is 0 Å². The Kier molecular flexibility index (Phi) is 5.69. The van der Waals surface area contributed by atoms with Crippen molar-refractivity contribution in [1.82, 2.24) is 5.32 Å². The van der Waals surface area contributed by atoms with Gasteiger partial charge in [-0.25, -0.2) is 0 Å². The molecular formula is C12H23NO2. The monoisotopic (exact) mass is 213 g/mol. The van der Waals surface area contributed by atoms with E-state index < -0.39 is 0 Å². The minimum absolute atomic E-state index is 0.0294. The fourth-order valence-corrected chi connectivity index (χ4v) is 2.11. The average molecular weight is 213 g/mol. The summed E-state index contributed by atoms with van der Waals surface area (Å²) < 4.78 is 4.70. The summed E-state index contributed by atoms with van der Waals surface area (Å²) in [5.74, 6) is -0.144. The Morgan fingerprint density at radius 1 is 1.33 bits per heavy atom. The molecule has 1 aliphatic rings. The Hall–Kier alpha value is -0.570. The first-order chi connectivity index (χ1) is 7.24. The zero-order valence-corrected chi connectivity index (χ0v) is 9.92. The Morgan fingerprint density at radius 2 is 1.93 bits per heavy atom. The predicted molar refractivity (Wildman–Crippen MR) is 60.7 cm³/mol. The van der Waals surface area contributed by atoms with Crippen LogP contribution >= 0.6 is 0 Å². The summed E-state index contributed by atoms with van der Waals surface area (Å²) in [6.07, 6.45) is 7.89. The molecule has 3 heteroatoms. The smallest absolute Gasteiger partial charge is 0.309 e. The van der Waals surface area contributed by atoms with Crippen molar-refractivity contribution in [3.05, 3.63) is 0 Å². The van der Waals surface area contributed by atoms with Gasteiger partial charge >= 0.3 is 5.97 Å². The van der Waals surface area contributed by atoms with Gasteiger partial charge in [-0.15, -0.1) is 0 Å². The van der Waals surface area contributed by atoms with Crippen LogP contribution in [-0.4, -0.2) is 25.7 Å². The zero-order chi connectivity index (χ0) is 11.1. The van der Waals surface area contributed by atoms with Crippen LogP contribution in [0.15, 0.2) is 0 Å². The molecule has 0 saturated heterocycles. The maximum Gasteiger partial charge on any atom is 0.309 e. The van der Waals surface area contributed by atoms with Crippen LogP contribution in [0.2, 0.25) is 0 Å². The molecule has 15 heavy (non-hydrogen) atoms. The first-order valence-electron chi connectivity index (χ1n) is 6.05. The molecule has 0 aromatic rings. The average Bonchev–Trinajstić information content (AvgIpc) is 2.53. The molecule has 0 aliphatic heterocycles. The van der Waals surface area contributed by atoms with Crippen LogP contribution in [0.4, 0.5) is 0 Å². The van der Waals surface area contributed by atoms with Gasteiger partial charge in [0.15, 0.2) is 0 Å². The Labute approximate surface area is 92.6 Å². The second-order valence-corrected chi connectivity index (χ2v) is 4.52. The number of rotatable bonds is 4. The lowest BCUT2D eigenvalue weighted by molar-refractivity contribution is -0.144. The lowest BCUT2D eigenvalue weighted by Gasteiger charge is -2.18. The second kappa shape index (κ2) is 6.83. The number of carbonyl (C=O) groups excluding carboxylic acids is 1. The molecule has 1 N–H and O–H groups in total. The Balaban J connectivity index is 2.19. The lowest BCUT2D eigenvalue weighted by atomic mass is 10.1. The van der Waals surface area contributed by atoms with Crippen molar-refractivity contribution >= 4 is 5.97 Å². The van der Waals surface area contributed by atoms with E-state index in [1.165, 1.54) is 45.6 Å². The molecule has 1 rings (SSSR count). The van der Waals surface area contributed by atoms with Crippen LogP contribution in [-0.2, 0) is 9.53 Å². The van der Waals surface area contributed by atoms with E-state index in [1.54, 1.807) is 0 Å². The molecule has 1 saturated carbocycles. The topological polar surface area (TPSA) is 38.3 Å². The van der Waals surface area contributed by atoms with Crippen LogP contribution in [0.5, 0.6) is 0 Å². The van der Waals surface area contributed by atoms with Gasteiger partial charge in [0.25, 0.3) is 0 Å². The zero-order valence-electron chi connectivity index (χ0n) is 9.92. The Morgan fingerprint density at radius 3 is 2.47 bits per heavy atom. The SMILES string of the molecule is COC(=O)[C@H](C)CNC1CCCCCC1. The van der Waals surface area contributed by atoms with E-state index in [0.29, 0.717) is 6.04 Å². The molecule has 0 aromatic heterocycles. The molecule has 0 spiro atoms. The lowest BCUT2D eigenvalue weighted by Crippen LogP contribution is -2.35. The van der Waals surface area contributed by atoms with E-state index in [2.05, 4.69) is 5.32 Å². The Bertz CT molecular complexity index is 186. The number of hydrogen-bond acceptors (Lipinski definition) is 3. The third-order valence-electron chi connectivity index (χ3n) is 3.17. The molecule has 0 aromatic carbocycles. The first kappa shape index (κ1) is 12.5. The third kappa shape index (κ3) is 4.65. The first-order valence-corrected chi connectivity index (χ1v) is 6.05. The van der Waals surface area contributed by atoms with Crippen molar-refractivity contribution in [2.24, 2.45) is 5.92 Å². The second-order valence-electron chi connectivity index (χ2n) is 4.52. The number of esters is 1. The quantitative estimate of drug-likeness (QED) is 0.574. The maximum atomic E-state index is 11.2. The van der Waals surface area contributed by atoms with Gasteiger partial charge in [0, 0.05) is 12.6 Å². The number of methoxy groups -OCH3 is 1. The summed E-state index contributed by atoms with van der Waals surface area (Å²) in [6, 6.07) is 0.611. The highest BCUT2D eigenvalue weighted by Gasteiger charge is 2.16. The summed E-state index contributed by atoms with van der Waals surface area (Å²) in [5.41, 5.74) is 0. The summed E-state index contributed by atoms with van der Waals surface area (Å²) in [7, 11) is 1.45. The van der Waals surface area contributed by atoms with Crippen molar-refractivity contribution in [2.75, 3.05) is 13.7 Å². The molecule has 3 nitrogen and oxygen atoms in total. The van der Waals surface area contributed by atoms with E-state index in [1.807, 2.05) is 6.92 Å². The minimum atomic E-state index is -0.115. The number of hydrogen-bond donors (Lipinski definition) is 1. The molecule has 0 heterocycles. The van der Waals surface area contributed by atoms with Crippen molar-refractivity contribution in [2.45, 2.75) is 51.5 Å². The molecule has 0 unspecified atom stereocenters. The van der Waals surface area contributed by atoms with E-state index in [9.17, 15) is 4.79 Å². The van der Waals surface area contributed by atoms with Crippen molar-refractivity contribution in [3.63, 3.8) is 0 Å². The summed E-state index contributed by atoms with van der Waals surface area (Å²) in [6.45, 7) is 2.66. The van der Waals surface area contributed by atoms with E-state index in [4.69, 9.17) is 4.74 Å². The van der Waals surface area contributed by atoms with Crippen molar-refractivity contribution in [3.8, 4) is 0 Å². The molecule has 0 bridgehead atoms. The third-order valence-corrected chi connectivity index (χ3v) is 3.17. The predicted octanol–water partition coefficient (Wildman–Crippen LogP) is 2.11. The number of ether oxygens (including phenoxy) is 1. The minimum Gasteiger partial charge on any atom is -0.469 e. The fraction of sp³-hybridized carbons (Fsp3) is 0.917. The summed E-state index contributed by atoms with van der Waals surface area (Å²) >= 11 is 0. The van der Waals surface area contributed by atoms with E-state index >= 15 is 0 Å². The highest BCUT2D eigenvalue weighted by atomic mass is 16.5. The van der Waals surface area contributed by atoms with E-state index in [-0.39, 0.29) is 11.9 Å². The van der Waals surface area contributed by atoms with Crippen LogP contribution in [0.1, 0.15) is 45.4 Å². The molecule has 1 aliphatic carbocycles. The number of carbonyl (C=O) groups is 1.